The molecule has 1 fully saturated rings. The van der Waals surface area contributed by atoms with Crippen LogP contribution in [0.5, 0.6) is 0 Å². The summed E-state index contributed by atoms with van der Waals surface area (Å²) in [6.45, 7) is 4.83. The molecule has 4 heterocycles. The van der Waals surface area contributed by atoms with E-state index >= 15 is 0 Å². The van der Waals surface area contributed by atoms with Gasteiger partial charge in [0.05, 0.1) is 6.26 Å². The highest BCUT2D eigenvalue weighted by Gasteiger charge is 2.24. The van der Waals surface area contributed by atoms with Gasteiger partial charge in [0, 0.05) is 49.0 Å². The first-order valence-corrected chi connectivity index (χ1v) is 9.05. The highest BCUT2D eigenvalue weighted by Crippen LogP contribution is 2.24. The molecule has 0 radical (unpaired) electrons. The number of rotatable bonds is 3. The number of carbonyl (C=O) groups excluding carboxylic acids is 1. The molecule has 1 amide bonds. The van der Waals surface area contributed by atoms with Gasteiger partial charge in [0.1, 0.15) is 10.8 Å². The fourth-order valence-corrected chi connectivity index (χ4v) is 3.67. The van der Waals surface area contributed by atoms with Crippen LogP contribution in [0.2, 0.25) is 0 Å². The minimum atomic E-state index is -0.0490. The van der Waals surface area contributed by atoms with Gasteiger partial charge < -0.3 is 14.2 Å². The lowest BCUT2D eigenvalue weighted by Crippen LogP contribution is -2.49. The van der Waals surface area contributed by atoms with Crippen molar-refractivity contribution in [1.82, 2.24) is 14.9 Å². The molecule has 0 unspecified atom stereocenters. The molecule has 6 nitrogen and oxygen atoms in total. The smallest absolute Gasteiger partial charge is 0.289 e. The molecular weight excluding hydrogens is 336 g/mol. The molecule has 0 bridgehead atoms. The van der Waals surface area contributed by atoms with E-state index in [1.165, 1.54) is 6.26 Å². The van der Waals surface area contributed by atoms with Gasteiger partial charge in [0.15, 0.2) is 5.76 Å². The second-order valence-electron chi connectivity index (χ2n) is 5.96. The minimum Gasteiger partial charge on any atom is -0.459 e. The van der Waals surface area contributed by atoms with Crippen LogP contribution in [0.3, 0.4) is 0 Å². The van der Waals surface area contributed by atoms with E-state index in [0.29, 0.717) is 18.8 Å². The van der Waals surface area contributed by atoms with Crippen molar-refractivity contribution in [2.75, 3.05) is 31.1 Å². The van der Waals surface area contributed by atoms with E-state index in [9.17, 15) is 4.79 Å². The summed E-state index contributed by atoms with van der Waals surface area (Å²) in [5.41, 5.74) is 2.06. The minimum absolute atomic E-state index is 0.0490. The fourth-order valence-electron chi connectivity index (χ4n) is 2.88. The number of amides is 1. The first-order chi connectivity index (χ1) is 12.2. The van der Waals surface area contributed by atoms with Crippen LogP contribution in [0.4, 0.5) is 5.82 Å². The summed E-state index contributed by atoms with van der Waals surface area (Å²) < 4.78 is 5.19. The van der Waals surface area contributed by atoms with Gasteiger partial charge in [-0.05, 0) is 31.2 Å². The van der Waals surface area contributed by atoms with Gasteiger partial charge in [-0.3, -0.25) is 4.79 Å². The Labute approximate surface area is 149 Å². The quantitative estimate of drug-likeness (QED) is 0.723. The summed E-state index contributed by atoms with van der Waals surface area (Å²) in [4.78, 5) is 25.4. The zero-order valence-corrected chi connectivity index (χ0v) is 14.7. The van der Waals surface area contributed by atoms with Gasteiger partial charge in [-0.15, -0.1) is 11.3 Å². The van der Waals surface area contributed by atoms with Crippen LogP contribution in [0.25, 0.3) is 10.6 Å². The van der Waals surface area contributed by atoms with Crippen LogP contribution in [-0.2, 0) is 0 Å². The largest absolute Gasteiger partial charge is 0.459 e. The lowest BCUT2D eigenvalue weighted by molar-refractivity contribution is 0.0714. The number of aromatic nitrogens is 2. The second kappa shape index (κ2) is 6.68. The number of carbonyl (C=O) groups is 1. The monoisotopic (exact) mass is 354 g/mol. The maximum absolute atomic E-state index is 12.3. The van der Waals surface area contributed by atoms with Crippen LogP contribution in [0.15, 0.2) is 46.5 Å². The number of pyridine rings is 1. The Kier molecular flexibility index (Phi) is 4.23. The Morgan fingerprint density at radius 2 is 2.04 bits per heavy atom. The van der Waals surface area contributed by atoms with Crippen molar-refractivity contribution in [3.63, 3.8) is 0 Å². The van der Waals surface area contributed by atoms with E-state index in [1.807, 2.05) is 29.5 Å². The average molecular weight is 354 g/mol. The molecule has 7 heteroatoms. The molecular formula is C18H18N4O2S. The van der Waals surface area contributed by atoms with Crippen molar-refractivity contribution < 1.29 is 9.21 Å². The summed E-state index contributed by atoms with van der Waals surface area (Å²) in [6, 6.07) is 7.52. The summed E-state index contributed by atoms with van der Waals surface area (Å²) in [5, 5.41) is 3.03. The van der Waals surface area contributed by atoms with Gasteiger partial charge in [-0.25, -0.2) is 9.97 Å². The molecule has 1 saturated heterocycles. The molecule has 0 atom stereocenters. The maximum atomic E-state index is 12.3. The Morgan fingerprint density at radius 1 is 1.20 bits per heavy atom. The number of thiazole rings is 1. The number of hydrogen-bond acceptors (Lipinski definition) is 6. The van der Waals surface area contributed by atoms with Crippen LogP contribution in [0, 0.1) is 6.92 Å². The standard InChI is InChI=1S/C18H18N4O2S/c1-13-12-25-17(20-13)14-4-5-16(19-11-14)21-6-8-22(9-7-21)18(23)15-3-2-10-24-15/h2-5,10-12H,6-9H2,1H3. The van der Waals surface area contributed by atoms with Crippen LogP contribution in [-0.4, -0.2) is 47.0 Å². The summed E-state index contributed by atoms with van der Waals surface area (Å²) in [5.74, 6) is 1.28. The first-order valence-electron chi connectivity index (χ1n) is 8.17. The molecule has 4 rings (SSSR count). The third-order valence-electron chi connectivity index (χ3n) is 4.24. The summed E-state index contributed by atoms with van der Waals surface area (Å²) in [6.07, 6.45) is 3.40. The van der Waals surface area contributed by atoms with Gasteiger partial charge in [-0.1, -0.05) is 0 Å². The first kappa shape index (κ1) is 15.8. The zero-order chi connectivity index (χ0) is 17.2. The molecule has 0 aromatic carbocycles. The molecule has 128 valence electrons. The van der Waals surface area contributed by atoms with Gasteiger partial charge in [0.2, 0.25) is 0 Å². The van der Waals surface area contributed by atoms with E-state index in [2.05, 4.69) is 20.9 Å². The average Bonchev–Trinajstić information content (AvgIpc) is 3.33. The van der Waals surface area contributed by atoms with Crippen molar-refractivity contribution >= 4 is 23.1 Å². The Balaban J connectivity index is 1.40. The molecule has 1 aliphatic rings. The van der Waals surface area contributed by atoms with Crippen molar-refractivity contribution in [2.24, 2.45) is 0 Å². The third kappa shape index (κ3) is 3.28. The van der Waals surface area contributed by atoms with Gasteiger partial charge >= 0.3 is 0 Å². The van der Waals surface area contributed by atoms with Crippen LogP contribution in [0.1, 0.15) is 16.2 Å². The summed E-state index contributed by atoms with van der Waals surface area (Å²) in [7, 11) is 0. The second-order valence-corrected chi connectivity index (χ2v) is 6.81. The lowest BCUT2D eigenvalue weighted by Gasteiger charge is -2.35. The lowest BCUT2D eigenvalue weighted by atomic mass is 10.2. The molecule has 0 N–H and O–H groups in total. The van der Waals surface area contributed by atoms with Crippen molar-refractivity contribution in [2.45, 2.75) is 6.92 Å². The van der Waals surface area contributed by atoms with Gasteiger partial charge in [0.25, 0.3) is 5.91 Å². The Morgan fingerprint density at radius 3 is 2.64 bits per heavy atom. The van der Waals surface area contributed by atoms with Crippen LogP contribution < -0.4 is 4.90 Å². The van der Waals surface area contributed by atoms with E-state index in [0.717, 1.165) is 35.2 Å². The van der Waals surface area contributed by atoms with Crippen molar-refractivity contribution in [3.05, 3.63) is 53.6 Å². The Bertz CT molecular complexity index is 850. The van der Waals surface area contributed by atoms with Crippen LogP contribution >= 0.6 is 11.3 Å². The number of hydrogen-bond donors (Lipinski definition) is 0. The molecule has 0 spiro atoms. The van der Waals surface area contributed by atoms with E-state index in [4.69, 9.17) is 4.42 Å². The number of piperazine rings is 1. The SMILES string of the molecule is Cc1csc(-c2ccc(N3CCN(C(=O)c4ccco4)CC3)nc2)n1. The maximum Gasteiger partial charge on any atom is 0.289 e. The predicted molar refractivity (Wildman–Crippen MR) is 96.9 cm³/mol. The van der Waals surface area contributed by atoms with E-state index < -0.39 is 0 Å². The molecule has 25 heavy (non-hydrogen) atoms. The topological polar surface area (TPSA) is 62.5 Å². The summed E-state index contributed by atoms with van der Waals surface area (Å²) >= 11 is 1.63. The zero-order valence-electron chi connectivity index (χ0n) is 13.9. The number of furan rings is 1. The van der Waals surface area contributed by atoms with E-state index in [-0.39, 0.29) is 5.91 Å². The number of anilines is 1. The van der Waals surface area contributed by atoms with E-state index in [1.54, 1.807) is 23.5 Å². The number of nitrogens with zero attached hydrogens (tertiary/aromatic N) is 4. The van der Waals surface area contributed by atoms with Crippen molar-refractivity contribution in [3.8, 4) is 10.6 Å². The Hall–Kier alpha value is -2.67. The fraction of sp³-hybridized carbons (Fsp3) is 0.278. The molecule has 3 aromatic rings. The molecule has 1 aliphatic heterocycles. The molecule has 0 saturated carbocycles. The predicted octanol–water partition coefficient (Wildman–Crippen LogP) is 3.07. The highest BCUT2D eigenvalue weighted by molar-refractivity contribution is 7.13. The van der Waals surface area contributed by atoms with Crippen molar-refractivity contribution in [1.29, 1.82) is 0 Å². The van der Waals surface area contributed by atoms with Gasteiger partial charge in [-0.2, -0.15) is 0 Å². The highest BCUT2D eigenvalue weighted by atomic mass is 32.1. The third-order valence-corrected chi connectivity index (χ3v) is 5.25. The molecule has 3 aromatic heterocycles. The molecule has 0 aliphatic carbocycles. The number of aryl methyl sites for hydroxylation is 1. The normalized spacial score (nSPS) is 14.8.